The number of hydrogen-bond acceptors (Lipinski definition) is 2. The van der Waals surface area contributed by atoms with Gasteiger partial charge in [-0.2, -0.15) is 0 Å². The minimum atomic E-state index is -3.19. The second-order valence-electron chi connectivity index (χ2n) is 5.09. The molecule has 0 aliphatic heterocycles. The van der Waals surface area contributed by atoms with Gasteiger partial charge < -0.3 is 0 Å². The molecular formula is C17H24O2S. The molecule has 1 aromatic carbocycles. The van der Waals surface area contributed by atoms with Crippen molar-refractivity contribution in [3.05, 3.63) is 53.6 Å². The fourth-order valence-corrected chi connectivity index (χ4v) is 3.04. The molecule has 20 heavy (non-hydrogen) atoms. The van der Waals surface area contributed by atoms with Gasteiger partial charge in [0.25, 0.3) is 0 Å². The minimum Gasteiger partial charge on any atom is -0.223 e. The number of rotatable bonds is 7. The molecule has 0 unspecified atom stereocenters. The predicted molar refractivity (Wildman–Crippen MR) is 85.5 cm³/mol. The van der Waals surface area contributed by atoms with Crippen LogP contribution < -0.4 is 0 Å². The van der Waals surface area contributed by atoms with Crippen LogP contribution in [0.2, 0.25) is 0 Å². The second kappa shape index (κ2) is 8.05. The van der Waals surface area contributed by atoms with Gasteiger partial charge in [0.15, 0.2) is 9.84 Å². The third-order valence-electron chi connectivity index (χ3n) is 3.34. The van der Waals surface area contributed by atoms with Gasteiger partial charge in [0, 0.05) is 0 Å². The zero-order valence-corrected chi connectivity index (χ0v) is 13.4. The molecular weight excluding hydrogens is 268 g/mol. The van der Waals surface area contributed by atoms with Crippen LogP contribution in [0, 0.1) is 0 Å². The van der Waals surface area contributed by atoms with Gasteiger partial charge in [0.05, 0.1) is 10.6 Å². The number of allylic oxidation sites excluding steroid dienone is 3. The summed E-state index contributed by atoms with van der Waals surface area (Å²) in [5, 5.41) is 0. The molecule has 2 nitrogen and oxygen atoms in total. The van der Waals surface area contributed by atoms with E-state index in [0.29, 0.717) is 4.90 Å². The van der Waals surface area contributed by atoms with E-state index in [4.69, 9.17) is 0 Å². The summed E-state index contributed by atoms with van der Waals surface area (Å²) in [6, 6.07) is 8.61. The van der Waals surface area contributed by atoms with Gasteiger partial charge in [-0.15, -0.1) is 0 Å². The fourth-order valence-electron chi connectivity index (χ4n) is 1.77. The molecule has 0 fully saturated rings. The van der Waals surface area contributed by atoms with Crippen LogP contribution in [0.3, 0.4) is 0 Å². The molecule has 0 saturated carbocycles. The summed E-state index contributed by atoms with van der Waals surface area (Å²) in [6.45, 7) is 6.26. The third kappa shape index (κ3) is 5.74. The van der Waals surface area contributed by atoms with Crippen LogP contribution in [0.15, 0.2) is 58.5 Å². The van der Waals surface area contributed by atoms with Gasteiger partial charge in [0.2, 0.25) is 0 Å². The lowest BCUT2D eigenvalue weighted by Gasteiger charge is -2.03. The van der Waals surface area contributed by atoms with E-state index in [1.54, 1.807) is 24.3 Å². The smallest absolute Gasteiger partial charge is 0.181 e. The lowest BCUT2D eigenvalue weighted by Crippen LogP contribution is -2.04. The predicted octanol–water partition coefficient (Wildman–Crippen LogP) is 4.54. The molecule has 0 radical (unpaired) electrons. The van der Waals surface area contributed by atoms with E-state index in [1.807, 2.05) is 19.1 Å². The van der Waals surface area contributed by atoms with E-state index < -0.39 is 9.84 Å². The van der Waals surface area contributed by atoms with Gasteiger partial charge in [-0.1, -0.05) is 48.4 Å². The summed E-state index contributed by atoms with van der Waals surface area (Å²) >= 11 is 0. The molecule has 1 rings (SSSR count). The highest BCUT2D eigenvalue weighted by molar-refractivity contribution is 7.91. The van der Waals surface area contributed by atoms with Gasteiger partial charge >= 0.3 is 0 Å². The standard InChI is InChI=1S/C17H24O2S/c1-4-15(2)9-8-10-16(3)13-14-20(18,19)17-11-6-5-7-12-17/h5-7,9,11-13H,4,8,10,14H2,1-3H3/b15-9-,16-13-. The molecule has 0 amide bonds. The molecule has 0 atom stereocenters. The first-order valence-electron chi connectivity index (χ1n) is 7.04. The Bertz CT molecular complexity index is 566. The largest absolute Gasteiger partial charge is 0.223 e. The molecule has 0 saturated heterocycles. The summed E-state index contributed by atoms with van der Waals surface area (Å²) in [5.41, 5.74) is 2.51. The molecule has 0 N–H and O–H groups in total. The first-order chi connectivity index (χ1) is 9.45. The summed E-state index contributed by atoms with van der Waals surface area (Å²) < 4.78 is 24.2. The van der Waals surface area contributed by atoms with Crippen molar-refractivity contribution in [1.29, 1.82) is 0 Å². The average molecular weight is 292 g/mol. The van der Waals surface area contributed by atoms with E-state index >= 15 is 0 Å². The number of hydrogen-bond donors (Lipinski definition) is 0. The van der Waals surface area contributed by atoms with Gasteiger partial charge in [-0.25, -0.2) is 8.42 Å². The van der Waals surface area contributed by atoms with E-state index in [2.05, 4.69) is 19.9 Å². The van der Waals surface area contributed by atoms with Crippen molar-refractivity contribution in [1.82, 2.24) is 0 Å². The summed E-state index contributed by atoms with van der Waals surface area (Å²) in [7, 11) is -3.19. The number of sulfone groups is 1. The zero-order valence-electron chi connectivity index (χ0n) is 12.6. The first-order valence-corrected chi connectivity index (χ1v) is 8.70. The molecule has 110 valence electrons. The van der Waals surface area contributed by atoms with Crippen molar-refractivity contribution < 1.29 is 8.42 Å². The maximum atomic E-state index is 12.1. The monoisotopic (exact) mass is 292 g/mol. The Morgan fingerprint density at radius 3 is 2.30 bits per heavy atom. The van der Waals surface area contributed by atoms with E-state index in [1.165, 1.54) is 5.57 Å². The molecule has 0 heterocycles. The highest BCUT2D eigenvalue weighted by Crippen LogP contribution is 2.13. The van der Waals surface area contributed by atoms with Crippen molar-refractivity contribution in [2.24, 2.45) is 0 Å². The molecule has 3 heteroatoms. The van der Waals surface area contributed by atoms with Crippen LogP contribution in [0.25, 0.3) is 0 Å². The van der Waals surface area contributed by atoms with Gasteiger partial charge in [-0.3, -0.25) is 0 Å². The molecule has 0 aliphatic rings. The topological polar surface area (TPSA) is 34.1 Å². The zero-order chi connectivity index (χ0) is 15.0. The Morgan fingerprint density at radius 1 is 1.05 bits per heavy atom. The normalized spacial score (nSPS) is 13.6. The van der Waals surface area contributed by atoms with E-state index in [9.17, 15) is 8.42 Å². The quantitative estimate of drug-likeness (QED) is 0.691. The Labute approximate surface area is 123 Å². The van der Waals surface area contributed by atoms with Crippen LogP contribution in [-0.2, 0) is 9.84 Å². The lowest BCUT2D eigenvalue weighted by molar-refractivity contribution is 0.599. The van der Waals surface area contributed by atoms with Gasteiger partial charge in [-0.05, 0) is 45.2 Å². The number of benzene rings is 1. The fraction of sp³-hybridized carbons (Fsp3) is 0.412. The van der Waals surface area contributed by atoms with E-state index in [0.717, 1.165) is 24.8 Å². The SMILES string of the molecule is CC/C(C)=C\CC/C(C)=C\CS(=O)(=O)c1ccccc1. The molecule has 0 bridgehead atoms. The minimum absolute atomic E-state index is 0.0827. The van der Waals surface area contributed by atoms with Crippen LogP contribution in [-0.4, -0.2) is 14.2 Å². The summed E-state index contributed by atoms with van der Waals surface area (Å²) in [5.74, 6) is 0.0827. The van der Waals surface area contributed by atoms with E-state index in [-0.39, 0.29) is 5.75 Å². The summed E-state index contributed by atoms with van der Waals surface area (Å²) in [6.07, 6.45) is 7.03. The van der Waals surface area contributed by atoms with Crippen LogP contribution >= 0.6 is 0 Å². The Hall–Kier alpha value is -1.35. The van der Waals surface area contributed by atoms with Crippen molar-refractivity contribution >= 4 is 9.84 Å². The van der Waals surface area contributed by atoms with Crippen molar-refractivity contribution in [2.45, 2.75) is 44.9 Å². The van der Waals surface area contributed by atoms with Crippen LogP contribution in [0.4, 0.5) is 0 Å². The van der Waals surface area contributed by atoms with Gasteiger partial charge in [0.1, 0.15) is 0 Å². The highest BCUT2D eigenvalue weighted by Gasteiger charge is 2.11. The molecule has 1 aromatic rings. The molecule has 0 spiro atoms. The average Bonchev–Trinajstić information content (AvgIpc) is 2.46. The Morgan fingerprint density at radius 2 is 1.70 bits per heavy atom. The Kier molecular flexibility index (Phi) is 6.73. The van der Waals surface area contributed by atoms with Crippen LogP contribution in [0.1, 0.15) is 40.0 Å². The van der Waals surface area contributed by atoms with Crippen molar-refractivity contribution in [3.63, 3.8) is 0 Å². The van der Waals surface area contributed by atoms with Crippen LogP contribution in [0.5, 0.6) is 0 Å². The van der Waals surface area contributed by atoms with Crippen molar-refractivity contribution in [3.8, 4) is 0 Å². The maximum absolute atomic E-state index is 12.1. The Balaban J connectivity index is 2.59. The summed E-state index contributed by atoms with van der Waals surface area (Å²) in [4.78, 5) is 0.394. The molecule has 0 aromatic heterocycles. The second-order valence-corrected chi connectivity index (χ2v) is 7.12. The first kappa shape index (κ1) is 16.7. The third-order valence-corrected chi connectivity index (χ3v) is 4.94. The van der Waals surface area contributed by atoms with Crippen molar-refractivity contribution in [2.75, 3.05) is 5.75 Å². The highest BCUT2D eigenvalue weighted by atomic mass is 32.2. The molecule has 0 aliphatic carbocycles. The lowest BCUT2D eigenvalue weighted by atomic mass is 10.1. The maximum Gasteiger partial charge on any atom is 0.181 e.